The van der Waals surface area contributed by atoms with Gasteiger partial charge in [0.15, 0.2) is 0 Å². The molecule has 2 nitrogen and oxygen atoms in total. The molecule has 0 N–H and O–H groups in total. The normalized spacial score (nSPS) is 27.3. The number of fused-ring (bicyclic) bond motifs is 2. The van der Waals surface area contributed by atoms with Gasteiger partial charge in [0.05, 0.1) is 0 Å². The largest absolute Gasteiger partial charge is 0.336 e. The van der Waals surface area contributed by atoms with Gasteiger partial charge in [0.1, 0.15) is 11.4 Å². The number of benzene rings is 1. The summed E-state index contributed by atoms with van der Waals surface area (Å²) in [6.45, 7) is 3.36. The molecule has 21 heavy (non-hydrogen) atoms. The number of aliphatic imine (C=N–C) groups is 1. The third-order valence-corrected chi connectivity index (χ3v) is 4.74. The van der Waals surface area contributed by atoms with Gasteiger partial charge in [-0.15, -0.1) is 0 Å². The molecule has 0 bridgehead atoms. The van der Waals surface area contributed by atoms with Crippen LogP contribution < -0.4 is 0 Å². The highest BCUT2D eigenvalue weighted by molar-refractivity contribution is 5.87. The van der Waals surface area contributed by atoms with Crippen LogP contribution in [0, 0.1) is 0 Å². The van der Waals surface area contributed by atoms with Crippen molar-refractivity contribution in [3.8, 4) is 0 Å². The number of hydrogen-bond acceptors (Lipinski definition) is 2. The Bertz CT molecular complexity index is 679. The summed E-state index contributed by atoms with van der Waals surface area (Å²) in [5, 5.41) is 0. The minimum absolute atomic E-state index is 0.272. The van der Waals surface area contributed by atoms with Gasteiger partial charge >= 0.3 is 0 Å². The zero-order valence-electron chi connectivity index (χ0n) is 12.4. The lowest BCUT2D eigenvalue weighted by molar-refractivity contribution is 0.580. The van der Waals surface area contributed by atoms with Crippen LogP contribution in [-0.4, -0.2) is 17.3 Å². The minimum Gasteiger partial charge on any atom is -0.336 e. The minimum atomic E-state index is -0.272. The van der Waals surface area contributed by atoms with Crippen LogP contribution in [0.15, 0.2) is 70.9 Å². The molecule has 1 aliphatic carbocycles. The Morgan fingerprint density at radius 1 is 1.19 bits per heavy atom. The van der Waals surface area contributed by atoms with Crippen LogP contribution in [0.5, 0.6) is 0 Å². The summed E-state index contributed by atoms with van der Waals surface area (Å²) in [5.41, 5.74) is 3.76. The van der Waals surface area contributed by atoms with Gasteiger partial charge in [0.25, 0.3) is 0 Å². The smallest absolute Gasteiger partial charge is 0.110 e. The van der Waals surface area contributed by atoms with E-state index in [2.05, 4.69) is 66.6 Å². The molecule has 0 radical (unpaired) electrons. The van der Waals surface area contributed by atoms with E-state index in [4.69, 9.17) is 4.99 Å². The Kier molecular flexibility index (Phi) is 2.85. The SMILES string of the molecule is CC1(c2ccccc2)N=C2CCCN2C=C2CC=CC=C21. The first-order chi connectivity index (χ1) is 10.3. The molecule has 3 aliphatic rings. The third kappa shape index (κ3) is 1.98. The molecule has 1 aromatic rings. The molecule has 1 unspecified atom stereocenters. The van der Waals surface area contributed by atoms with Crippen molar-refractivity contribution in [1.29, 1.82) is 0 Å². The molecular weight excluding hydrogens is 256 g/mol. The van der Waals surface area contributed by atoms with Crippen LogP contribution in [0.4, 0.5) is 0 Å². The molecular formula is C19H20N2. The molecule has 106 valence electrons. The van der Waals surface area contributed by atoms with E-state index in [1.807, 2.05) is 0 Å². The molecule has 2 heterocycles. The first kappa shape index (κ1) is 12.6. The molecule has 1 saturated heterocycles. The molecule has 1 fully saturated rings. The van der Waals surface area contributed by atoms with E-state index in [0.717, 1.165) is 19.4 Å². The number of nitrogens with zero attached hydrogens (tertiary/aromatic N) is 2. The van der Waals surface area contributed by atoms with Crippen molar-refractivity contribution in [2.24, 2.45) is 4.99 Å². The number of amidine groups is 1. The van der Waals surface area contributed by atoms with E-state index in [1.54, 1.807) is 0 Å². The van der Waals surface area contributed by atoms with Crippen LogP contribution in [0.25, 0.3) is 0 Å². The molecule has 2 heteroatoms. The Morgan fingerprint density at radius 3 is 2.90 bits per heavy atom. The summed E-state index contributed by atoms with van der Waals surface area (Å²) in [4.78, 5) is 7.57. The standard InChI is InChI=1S/C19H20N2/c1-19(16-9-3-2-4-10-16)17-11-6-5-8-15(17)14-21-13-7-12-18(21)20-19/h2-6,9-11,14H,7-8,12-13H2,1H3. The van der Waals surface area contributed by atoms with Crippen molar-refractivity contribution in [1.82, 2.24) is 4.90 Å². The summed E-state index contributed by atoms with van der Waals surface area (Å²) in [5.74, 6) is 1.24. The monoisotopic (exact) mass is 276 g/mol. The molecule has 2 aliphatic heterocycles. The highest BCUT2D eigenvalue weighted by Crippen LogP contribution is 2.43. The van der Waals surface area contributed by atoms with Gasteiger partial charge in [-0.1, -0.05) is 48.6 Å². The van der Waals surface area contributed by atoms with Gasteiger partial charge in [0, 0.05) is 19.2 Å². The maximum absolute atomic E-state index is 5.21. The lowest BCUT2D eigenvalue weighted by Crippen LogP contribution is -2.25. The van der Waals surface area contributed by atoms with E-state index in [1.165, 1.54) is 29.0 Å². The molecule has 4 rings (SSSR count). The van der Waals surface area contributed by atoms with E-state index in [-0.39, 0.29) is 5.54 Å². The van der Waals surface area contributed by atoms with Gasteiger partial charge < -0.3 is 4.90 Å². The first-order valence-corrected chi connectivity index (χ1v) is 7.77. The lowest BCUT2D eigenvalue weighted by atomic mass is 9.78. The summed E-state index contributed by atoms with van der Waals surface area (Å²) >= 11 is 0. The van der Waals surface area contributed by atoms with Crippen LogP contribution in [0.2, 0.25) is 0 Å². The molecule has 0 aromatic heterocycles. The molecule has 0 amide bonds. The van der Waals surface area contributed by atoms with Crippen molar-refractivity contribution in [2.75, 3.05) is 6.54 Å². The predicted molar refractivity (Wildman–Crippen MR) is 87.1 cm³/mol. The maximum atomic E-state index is 5.21. The fourth-order valence-electron chi connectivity index (χ4n) is 3.60. The second-order valence-electron chi connectivity index (χ2n) is 6.13. The number of hydrogen-bond donors (Lipinski definition) is 0. The summed E-state index contributed by atoms with van der Waals surface area (Å²) in [7, 11) is 0. The van der Waals surface area contributed by atoms with Crippen molar-refractivity contribution in [2.45, 2.75) is 31.7 Å². The average molecular weight is 276 g/mol. The van der Waals surface area contributed by atoms with E-state index in [0.29, 0.717) is 0 Å². The van der Waals surface area contributed by atoms with Crippen molar-refractivity contribution in [3.05, 3.63) is 71.5 Å². The quantitative estimate of drug-likeness (QED) is 0.751. The number of allylic oxidation sites excluding steroid dienone is 3. The van der Waals surface area contributed by atoms with E-state index < -0.39 is 0 Å². The van der Waals surface area contributed by atoms with Gasteiger partial charge in [-0.05, 0) is 36.5 Å². The van der Waals surface area contributed by atoms with E-state index in [9.17, 15) is 0 Å². The molecule has 1 atom stereocenters. The first-order valence-electron chi connectivity index (χ1n) is 7.77. The summed E-state index contributed by atoms with van der Waals surface area (Å²) < 4.78 is 0. The van der Waals surface area contributed by atoms with Crippen LogP contribution in [-0.2, 0) is 5.54 Å². The van der Waals surface area contributed by atoms with Crippen LogP contribution in [0.1, 0.15) is 31.7 Å². The zero-order valence-corrected chi connectivity index (χ0v) is 12.4. The second-order valence-corrected chi connectivity index (χ2v) is 6.13. The van der Waals surface area contributed by atoms with Crippen LogP contribution >= 0.6 is 0 Å². The van der Waals surface area contributed by atoms with Crippen LogP contribution in [0.3, 0.4) is 0 Å². The highest BCUT2D eigenvalue weighted by atomic mass is 15.2. The highest BCUT2D eigenvalue weighted by Gasteiger charge is 2.37. The van der Waals surface area contributed by atoms with Crippen molar-refractivity contribution >= 4 is 5.84 Å². The summed E-state index contributed by atoms with van der Waals surface area (Å²) in [6.07, 6.45) is 12.3. The Labute approximate surface area is 126 Å². The summed E-state index contributed by atoms with van der Waals surface area (Å²) in [6, 6.07) is 10.7. The van der Waals surface area contributed by atoms with Crippen molar-refractivity contribution in [3.63, 3.8) is 0 Å². The molecule has 0 saturated carbocycles. The Balaban J connectivity index is 1.94. The topological polar surface area (TPSA) is 15.6 Å². The van der Waals surface area contributed by atoms with E-state index >= 15 is 0 Å². The second kappa shape index (κ2) is 4.73. The van der Waals surface area contributed by atoms with Gasteiger partial charge in [-0.25, -0.2) is 0 Å². The van der Waals surface area contributed by atoms with Gasteiger partial charge in [0.2, 0.25) is 0 Å². The zero-order chi connectivity index (χ0) is 14.3. The van der Waals surface area contributed by atoms with Gasteiger partial charge in [-0.3, -0.25) is 4.99 Å². The van der Waals surface area contributed by atoms with Crippen molar-refractivity contribution < 1.29 is 0 Å². The lowest BCUT2D eigenvalue weighted by Gasteiger charge is -2.30. The van der Waals surface area contributed by atoms with Gasteiger partial charge in [-0.2, -0.15) is 0 Å². The Morgan fingerprint density at radius 2 is 2.05 bits per heavy atom. The Hall–Kier alpha value is -2.09. The maximum Gasteiger partial charge on any atom is 0.110 e. The fraction of sp³-hybridized carbons (Fsp3) is 0.316. The third-order valence-electron chi connectivity index (χ3n) is 4.74. The fourth-order valence-corrected chi connectivity index (χ4v) is 3.60. The molecule has 1 aromatic carbocycles. The molecule has 0 spiro atoms. The average Bonchev–Trinajstić information content (AvgIpc) is 2.90. The predicted octanol–water partition coefficient (Wildman–Crippen LogP) is 4.18. The number of rotatable bonds is 1.